The van der Waals surface area contributed by atoms with E-state index >= 15 is 0 Å². The van der Waals surface area contributed by atoms with E-state index in [1.807, 2.05) is 17.5 Å². The molecule has 0 unspecified atom stereocenters. The summed E-state index contributed by atoms with van der Waals surface area (Å²) in [6, 6.07) is 7.13. The summed E-state index contributed by atoms with van der Waals surface area (Å²) in [7, 11) is 0. The lowest BCUT2D eigenvalue weighted by molar-refractivity contribution is -0.116. The van der Waals surface area contributed by atoms with Crippen LogP contribution in [-0.4, -0.2) is 29.3 Å². The van der Waals surface area contributed by atoms with E-state index in [-0.39, 0.29) is 12.3 Å². The Bertz CT molecular complexity index is 926. The van der Waals surface area contributed by atoms with Gasteiger partial charge in [-0.2, -0.15) is 4.98 Å². The smallest absolute Gasteiger partial charge is 0.227 e. The number of amides is 1. The molecule has 26 heavy (non-hydrogen) atoms. The molecule has 0 bridgehead atoms. The summed E-state index contributed by atoms with van der Waals surface area (Å²) in [5, 5.41) is 9.02. The van der Waals surface area contributed by atoms with Crippen molar-refractivity contribution in [3.05, 3.63) is 40.6 Å². The maximum absolute atomic E-state index is 12.2. The fraction of sp³-hybridized carbons (Fsp3) is 0.235. The van der Waals surface area contributed by atoms with Gasteiger partial charge in [-0.1, -0.05) is 22.8 Å². The third kappa shape index (κ3) is 3.66. The number of hydrogen-bond donors (Lipinski definition) is 1. The number of halogens is 1. The number of aryl methyl sites for hydroxylation is 1. The number of benzene rings is 1. The van der Waals surface area contributed by atoms with Crippen molar-refractivity contribution in [2.45, 2.75) is 12.8 Å². The van der Waals surface area contributed by atoms with Crippen LogP contribution in [0, 0.1) is 0 Å². The van der Waals surface area contributed by atoms with Crippen LogP contribution < -0.4 is 14.8 Å². The first-order valence-corrected chi connectivity index (χ1v) is 9.20. The van der Waals surface area contributed by atoms with Gasteiger partial charge in [0, 0.05) is 25.0 Å². The van der Waals surface area contributed by atoms with Gasteiger partial charge in [-0.05, 0) is 11.4 Å². The number of nitrogens with one attached hydrogen (secondary N) is 1. The Kier molecular flexibility index (Phi) is 4.77. The van der Waals surface area contributed by atoms with Gasteiger partial charge in [0.25, 0.3) is 0 Å². The van der Waals surface area contributed by atoms with E-state index in [0.717, 1.165) is 4.88 Å². The van der Waals surface area contributed by atoms with Gasteiger partial charge in [-0.25, -0.2) is 0 Å². The van der Waals surface area contributed by atoms with Crippen LogP contribution in [0.3, 0.4) is 0 Å². The minimum absolute atomic E-state index is 0.191. The van der Waals surface area contributed by atoms with Crippen LogP contribution in [-0.2, 0) is 11.2 Å². The van der Waals surface area contributed by atoms with Crippen molar-refractivity contribution in [3.63, 3.8) is 0 Å². The Morgan fingerprint density at radius 1 is 1.27 bits per heavy atom. The second-order valence-corrected chi connectivity index (χ2v) is 6.87. The average Bonchev–Trinajstić information content (AvgIpc) is 3.32. The maximum Gasteiger partial charge on any atom is 0.227 e. The van der Waals surface area contributed by atoms with Crippen molar-refractivity contribution in [1.82, 2.24) is 10.1 Å². The average molecular weight is 392 g/mol. The first-order chi connectivity index (χ1) is 12.7. The molecule has 0 spiro atoms. The van der Waals surface area contributed by atoms with Crippen LogP contribution in [0.25, 0.3) is 10.7 Å². The normalized spacial score (nSPS) is 12.8. The minimum Gasteiger partial charge on any atom is -0.486 e. The van der Waals surface area contributed by atoms with Gasteiger partial charge < -0.3 is 19.3 Å². The van der Waals surface area contributed by atoms with Gasteiger partial charge in [-0.3, -0.25) is 4.79 Å². The maximum atomic E-state index is 12.2. The van der Waals surface area contributed by atoms with Crippen LogP contribution in [0.5, 0.6) is 11.5 Å². The molecule has 2 aromatic heterocycles. The van der Waals surface area contributed by atoms with Crippen LogP contribution >= 0.6 is 22.9 Å². The molecule has 1 aromatic carbocycles. The Morgan fingerprint density at radius 3 is 2.85 bits per heavy atom. The zero-order valence-corrected chi connectivity index (χ0v) is 15.1. The molecule has 3 heterocycles. The Hall–Kier alpha value is -2.58. The quantitative estimate of drug-likeness (QED) is 0.712. The van der Waals surface area contributed by atoms with Gasteiger partial charge in [0.2, 0.25) is 17.6 Å². The Morgan fingerprint density at radius 2 is 2.08 bits per heavy atom. The third-order valence-corrected chi connectivity index (χ3v) is 4.86. The standard InChI is InChI=1S/C17H14ClN3O4S/c18-10-8-12-13(24-6-5-23-12)9-11(10)19-15(22)3-4-16-20-17(21-25-16)14-2-1-7-26-14/h1-2,7-9H,3-6H2,(H,19,22). The van der Waals surface area contributed by atoms with Crippen LogP contribution in [0.4, 0.5) is 5.69 Å². The van der Waals surface area contributed by atoms with E-state index in [9.17, 15) is 4.79 Å². The lowest BCUT2D eigenvalue weighted by Gasteiger charge is -2.20. The summed E-state index contributed by atoms with van der Waals surface area (Å²) >= 11 is 7.72. The molecule has 0 fully saturated rings. The number of hydrogen-bond acceptors (Lipinski definition) is 7. The van der Waals surface area contributed by atoms with E-state index in [0.29, 0.717) is 53.6 Å². The number of anilines is 1. The number of fused-ring (bicyclic) bond motifs is 1. The summed E-state index contributed by atoms with van der Waals surface area (Å²) in [6.45, 7) is 0.943. The number of thiophene rings is 1. The van der Waals surface area contributed by atoms with Gasteiger partial charge in [-0.15, -0.1) is 11.3 Å². The largest absolute Gasteiger partial charge is 0.486 e. The number of carbonyl (C=O) groups excluding carboxylic acids is 1. The van der Waals surface area contributed by atoms with Crippen LogP contribution in [0.2, 0.25) is 5.02 Å². The van der Waals surface area contributed by atoms with E-state index < -0.39 is 0 Å². The predicted molar refractivity (Wildman–Crippen MR) is 97.0 cm³/mol. The SMILES string of the molecule is O=C(CCc1nc(-c2cccs2)no1)Nc1cc2c(cc1Cl)OCCO2. The lowest BCUT2D eigenvalue weighted by atomic mass is 10.2. The van der Waals surface area contributed by atoms with Crippen molar-refractivity contribution < 1.29 is 18.8 Å². The fourth-order valence-corrected chi connectivity index (χ4v) is 3.31. The summed E-state index contributed by atoms with van der Waals surface area (Å²) in [5.41, 5.74) is 0.478. The number of aromatic nitrogens is 2. The predicted octanol–water partition coefficient (Wildman–Crippen LogP) is 3.79. The highest BCUT2D eigenvalue weighted by Gasteiger charge is 2.17. The van der Waals surface area contributed by atoms with Crippen molar-refractivity contribution >= 4 is 34.5 Å². The van der Waals surface area contributed by atoms with Crippen molar-refractivity contribution in [2.24, 2.45) is 0 Å². The third-order valence-electron chi connectivity index (χ3n) is 3.68. The first kappa shape index (κ1) is 16.9. The van der Waals surface area contributed by atoms with E-state index in [4.69, 9.17) is 25.6 Å². The Balaban J connectivity index is 1.37. The second kappa shape index (κ2) is 7.35. The van der Waals surface area contributed by atoms with Crippen LogP contribution in [0.1, 0.15) is 12.3 Å². The van der Waals surface area contributed by atoms with Crippen molar-refractivity contribution in [2.75, 3.05) is 18.5 Å². The Labute approximate surface area is 157 Å². The highest BCUT2D eigenvalue weighted by Crippen LogP contribution is 2.38. The minimum atomic E-state index is -0.209. The highest BCUT2D eigenvalue weighted by molar-refractivity contribution is 7.13. The molecule has 1 aliphatic heterocycles. The van der Waals surface area contributed by atoms with Crippen molar-refractivity contribution in [1.29, 1.82) is 0 Å². The second-order valence-electron chi connectivity index (χ2n) is 5.51. The van der Waals surface area contributed by atoms with Crippen molar-refractivity contribution in [3.8, 4) is 22.2 Å². The zero-order valence-electron chi connectivity index (χ0n) is 13.5. The fourth-order valence-electron chi connectivity index (χ4n) is 2.46. The molecule has 0 atom stereocenters. The number of rotatable bonds is 5. The van der Waals surface area contributed by atoms with Gasteiger partial charge in [0.1, 0.15) is 13.2 Å². The number of carbonyl (C=O) groups is 1. The molecule has 0 saturated heterocycles. The number of nitrogens with zero attached hydrogens (tertiary/aromatic N) is 2. The molecule has 1 aliphatic rings. The summed E-state index contributed by atoms with van der Waals surface area (Å²) in [5.74, 6) is 1.88. The van der Waals surface area contributed by atoms with E-state index in [1.54, 1.807) is 12.1 Å². The van der Waals surface area contributed by atoms with Crippen LogP contribution in [0.15, 0.2) is 34.2 Å². The molecule has 4 rings (SSSR count). The summed E-state index contributed by atoms with van der Waals surface area (Å²) in [4.78, 5) is 17.4. The van der Waals surface area contributed by atoms with Gasteiger partial charge in [0.15, 0.2) is 11.5 Å². The molecule has 9 heteroatoms. The zero-order chi connectivity index (χ0) is 17.9. The van der Waals surface area contributed by atoms with E-state index in [1.165, 1.54) is 11.3 Å². The molecular formula is C17H14ClN3O4S. The molecule has 3 aromatic rings. The van der Waals surface area contributed by atoms with Gasteiger partial charge in [0.05, 0.1) is 15.6 Å². The summed E-state index contributed by atoms with van der Waals surface area (Å²) in [6.07, 6.45) is 0.531. The molecule has 7 nitrogen and oxygen atoms in total. The molecule has 1 amide bonds. The monoisotopic (exact) mass is 391 g/mol. The molecule has 0 aliphatic carbocycles. The topological polar surface area (TPSA) is 86.5 Å². The highest BCUT2D eigenvalue weighted by atomic mass is 35.5. The summed E-state index contributed by atoms with van der Waals surface area (Å²) < 4.78 is 16.1. The number of ether oxygens (including phenoxy) is 2. The van der Waals surface area contributed by atoms with Gasteiger partial charge >= 0.3 is 0 Å². The molecule has 134 valence electrons. The molecule has 0 saturated carbocycles. The molecule has 1 N–H and O–H groups in total. The lowest BCUT2D eigenvalue weighted by Crippen LogP contribution is -2.17. The molecular weight excluding hydrogens is 378 g/mol. The van der Waals surface area contributed by atoms with E-state index in [2.05, 4.69) is 15.5 Å². The first-order valence-electron chi connectivity index (χ1n) is 7.94. The molecule has 0 radical (unpaired) electrons.